The van der Waals surface area contributed by atoms with Crippen LogP contribution in [-0.4, -0.2) is 24.5 Å². The Morgan fingerprint density at radius 1 is 1.29 bits per heavy atom. The van der Waals surface area contributed by atoms with Gasteiger partial charge in [-0.05, 0) is 5.56 Å². The Labute approximate surface area is 137 Å². The van der Waals surface area contributed by atoms with Crippen LogP contribution in [0.25, 0.3) is 5.69 Å². The number of aromatic nitrogens is 4. The second-order valence-electron chi connectivity index (χ2n) is 5.46. The van der Waals surface area contributed by atoms with Gasteiger partial charge < -0.3 is 0 Å². The summed E-state index contributed by atoms with van der Waals surface area (Å²) in [5.41, 5.74) is 1.49. The lowest BCUT2D eigenvalue weighted by Gasteiger charge is -2.12. The summed E-state index contributed by atoms with van der Waals surface area (Å²) in [6.45, 7) is 1.80. The predicted octanol–water partition coefficient (Wildman–Crippen LogP) is 2.03. The first-order valence-electron chi connectivity index (χ1n) is 7.29. The van der Waals surface area contributed by atoms with Crippen molar-refractivity contribution in [2.75, 3.05) is 0 Å². The van der Waals surface area contributed by atoms with Gasteiger partial charge in [0.1, 0.15) is 11.4 Å². The first kappa shape index (κ1) is 15.6. The zero-order chi connectivity index (χ0) is 17.3. The van der Waals surface area contributed by atoms with Crippen LogP contribution in [-0.2, 0) is 7.05 Å². The Morgan fingerprint density at radius 3 is 2.75 bits per heavy atom. The summed E-state index contributed by atoms with van der Waals surface area (Å²) in [4.78, 5) is 22.7. The first-order valence-corrected chi connectivity index (χ1v) is 7.29. The average molecular weight is 325 g/mol. The molecule has 0 fully saturated rings. The van der Waals surface area contributed by atoms with Gasteiger partial charge >= 0.3 is 0 Å². The number of hydrogen-bond acceptors (Lipinski definition) is 5. The van der Waals surface area contributed by atoms with Crippen LogP contribution in [0, 0.1) is 10.1 Å². The molecular weight excluding hydrogens is 310 g/mol. The maximum absolute atomic E-state index is 12.2. The Kier molecular flexibility index (Phi) is 3.95. The van der Waals surface area contributed by atoms with E-state index in [1.54, 1.807) is 54.1 Å². The fourth-order valence-electron chi connectivity index (χ4n) is 2.46. The predicted molar refractivity (Wildman–Crippen MR) is 87.2 cm³/mol. The Bertz CT molecular complexity index is 960. The van der Waals surface area contributed by atoms with Crippen molar-refractivity contribution in [3.05, 3.63) is 80.5 Å². The third kappa shape index (κ3) is 2.94. The van der Waals surface area contributed by atoms with Gasteiger partial charge in [-0.1, -0.05) is 19.1 Å². The molecule has 1 aromatic carbocycles. The molecule has 0 spiro atoms. The number of non-ortho nitro benzene ring substituents is 1. The van der Waals surface area contributed by atoms with Gasteiger partial charge in [-0.2, -0.15) is 10.2 Å². The van der Waals surface area contributed by atoms with Gasteiger partial charge in [0, 0.05) is 37.4 Å². The van der Waals surface area contributed by atoms with Crippen LogP contribution in [0.5, 0.6) is 0 Å². The highest BCUT2D eigenvalue weighted by Gasteiger charge is 2.17. The minimum atomic E-state index is -0.456. The number of benzene rings is 1. The fourth-order valence-corrected chi connectivity index (χ4v) is 2.46. The summed E-state index contributed by atoms with van der Waals surface area (Å²) in [6, 6.07) is 7.67. The van der Waals surface area contributed by atoms with Gasteiger partial charge in [-0.3, -0.25) is 19.6 Å². The molecule has 1 atom stereocenters. The van der Waals surface area contributed by atoms with Crippen LogP contribution >= 0.6 is 0 Å². The molecule has 0 bridgehead atoms. The van der Waals surface area contributed by atoms with E-state index in [1.165, 1.54) is 18.2 Å². The number of rotatable bonds is 4. The largest absolute Gasteiger partial charge is 0.288 e. The van der Waals surface area contributed by atoms with Crippen molar-refractivity contribution >= 4 is 5.69 Å². The van der Waals surface area contributed by atoms with Crippen molar-refractivity contribution in [1.82, 2.24) is 19.6 Å². The third-order valence-corrected chi connectivity index (χ3v) is 3.78. The van der Waals surface area contributed by atoms with Crippen LogP contribution in [0.4, 0.5) is 5.69 Å². The van der Waals surface area contributed by atoms with Gasteiger partial charge in [0.25, 0.3) is 5.69 Å². The molecule has 3 aromatic rings. The maximum atomic E-state index is 12.2. The van der Waals surface area contributed by atoms with Crippen molar-refractivity contribution in [3.63, 3.8) is 0 Å². The van der Waals surface area contributed by atoms with Crippen molar-refractivity contribution in [3.8, 4) is 5.69 Å². The molecule has 0 N–H and O–H groups in total. The summed E-state index contributed by atoms with van der Waals surface area (Å²) < 4.78 is 3.20. The Balaban J connectivity index is 2.03. The lowest BCUT2D eigenvalue weighted by Crippen LogP contribution is -2.18. The van der Waals surface area contributed by atoms with E-state index in [9.17, 15) is 14.9 Å². The van der Waals surface area contributed by atoms with E-state index >= 15 is 0 Å². The van der Waals surface area contributed by atoms with Crippen molar-refractivity contribution in [1.29, 1.82) is 0 Å². The van der Waals surface area contributed by atoms with Gasteiger partial charge in [0.2, 0.25) is 5.43 Å². The summed E-state index contributed by atoms with van der Waals surface area (Å²) in [5.74, 6) is -0.374. The monoisotopic (exact) mass is 325 g/mol. The molecule has 2 heterocycles. The van der Waals surface area contributed by atoms with E-state index in [1.807, 2.05) is 0 Å². The van der Waals surface area contributed by atoms with E-state index in [4.69, 9.17) is 0 Å². The van der Waals surface area contributed by atoms with E-state index in [-0.39, 0.29) is 17.0 Å². The standard InChI is InChI=1S/C16H15N5O3/c1-11(12-4-3-5-13(8-12)21(23)24)16-15(22)6-7-20(18-16)14-9-17-19(2)10-14/h3-11H,1-2H3. The molecule has 0 aliphatic rings. The molecule has 0 aliphatic carbocycles. The van der Waals surface area contributed by atoms with Gasteiger partial charge in [0.15, 0.2) is 0 Å². The van der Waals surface area contributed by atoms with E-state index in [2.05, 4.69) is 10.2 Å². The summed E-state index contributed by atoms with van der Waals surface area (Å²) >= 11 is 0. The van der Waals surface area contributed by atoms with E-state index in [0.29, 0.717) is 11.3 Å². The highest BCUT2D eigenvalue weighted by atomic mass is 16.6. The van der Waals surface area contributed by atoms with E-state index in [0.717, 1.165) is 5.69 Å². The van der Waals surface area contributed by atoms with Crippen molar-refractivity contribution < 1.29 is 4.92 Å². The topological polar surface area (TPSA) is 95.8 Å². The summed E-state index contributed by atoms with van der Waals surface area (Å²) in [5, 5.41) is 19.4. The summed E-state index contributed by atoms with van der Waals surface area (Å²) in [6.07, 6.45) is 4.99. The summed E-state index contributed by atoms with van der Waals surface area (Å²) in [7, 11) is 1.79. The van der Waals surface area contributed by atoms with Crippen LogP contribution < -0.4 is 5.43 Å². The number of aryl methyl sites for hydroxylation is 1. The van der Waals surface area contributed by atoms with Crippen molar-refractivity contribution in [2.24, 2.45) is 7.05 Å². The lowest BCUT2D eigenvalue weighted by atomic mass is 9.97. The maximum Gasteiger partial charge on any atom is 0.269 e. The Morgan fingerprint density at radius 2 is 2.08 bits per heavy atom. The van der Waals surface area contributed by atoms with Crippen LogP contribution in [0.3, 0.4) is 0 Å². The molecule has 0 saturated heterocycles. The number of hydrogen-bond donors (Lipinski definition) is 0. The number of nitro benzene ring substituents is 1. The zero-order valence-corrected chi connectivity index (χ0v) is 13.2. The smallest absolute Gasteiger partial charge is 0.269 e. The quantitative estimate of drug-likeness (QED) is 0.540. The van der Waals surface area contributed by atoms with Crippen LogP contribution in [0.2, 0.25) is 0 Å². The van der Waals surface area contributed by atoms with Crippen LogP contribution in [0.1, 0.15) is 24.1 Å². The molecule has 24 heavy (non-hydrogen) atoms. The molecule has 0 amide bonds. The average Bonchev–Trinajstić information content (AvgIpc) is 3.01. The molecule has 0 aliphatic heterocycles. The molecule has 3 rings (SSSR count). The second kappa shape index (κ2) is 6.07. The zero-order valence-electron chi connectivity index (χ0n) is 13.2. The molecule has 8 heteroatoms. The normalized spacial score (nSPS) is 12.1. The lowest BCUT2D eigenvalue weighted by molar-refractivity contribution is -0.384. The molecule has 0 saturated carbocycles. The van der Waals surface area contributed by atoms with Crippen LogP contribution in [0.15, 0.2) is 53.7 Å². The minimum absolute atomic E-state index is 0.0112. The highest BCUT2D eigenvalue weighted by molar-refractivity contribution is 5.38. The van der Waals surface area contributed by atoms with Gasteiger partial charge in [-0.25, -0.2) is 4.68 Å². The number of nitro groups is 1. The Hall–Kier alpha value is -3.29. The van der Waals surface area contributed by atoms with E-state index < -0.39 is 4.92 Å². The molecule has 0 radical (unpaired) electrons. The van der Waals surface area contributed by atoms with Crippen molar-refractivity contribution in [2.45, 2.75) is 12.8 Å². The molecule has 122 valence electrons. The van der Waals surface area contributed by atoms with Gasteiger partial charge in [-0.15, -0.1) is 0 Å². The fraction of sp³-hybridized carbons (Fsp3) is 0.188. The van der Waals surface area contributed by atoms with Gasteiger partial charge in [0.05, 0.1) is 17.3 Å². The SMILES string of the molecule is CC(c1cccc([N+](=O)[O-])c1)c1nn(-c2cnn(C)c2)ccc1=O. The molecular formula is C16H15N5O3. The molecule has 2 aromatic heterocycles. The molecule has 1 unspecified atom stereocenters. The second-order valence-corrected chi connectivity index (χ2v) is 5.46. The first-order chi connectivity index (χ1) is 11.5. The third-order valence-electron chi connectivity index (χ3n) is 3.78. The minimum Gasteiger partial charge on any atom is -0.288 e. The molecule has 8 nitrogen and oxygen atoms in total. The number of nitrogens with zero attached hydrogens (tertiary/aromatic N) is 5. The highest BCUT2D eigenvalue weighted by Crippen LogP contribution is 2.24.